The Morgan fingerprint density at radius 2 is 1.94 bits per heavy atom. The maximum absolute atomic E-state index is 9.90. The van der Waals surface area contributed by atoms with E-state index >= 15 is 0 Å². The van der Waals surface area contributed by atoms with Gasteiger partial charge in [-0.25, -0.2) is 0 Å². The summed E-state index contributed by atoms with van der Waals surface area (Å²) in [5.41, 5.74) is 0.710. The minimum atomic E-state index is -0.559. The van der Waals surface area contributed by atoms with Crippen LogP contribution in [-0.4, -0.2) is 23.4 Å². The van der Waals surface area contributed by atoms with Crippen molar-refractivity contribution in [2.24, 2.45) is 0 Å². The molecular formula is C14H20BNO. The van der Waals surface area contributed by atoms with E-state index in [9.17, 15) is 5.02 Å². The van der Waals surface area contributed by atoms with Crippen LogP contribution in [0.15, 0.2) is 55.6 Å². The molecule has 0 aliphatic heterocycles. The molecule has 0 aliphatic rings. The zero-order valence-corrected chi connectivity index (χ0v) is 10.6. The Hall–Kier alpha value is -1.32. The van der Waals surface area contributed by atoms with E-state index in [4.69, 9.17) is 0 Å². The van der Waals surface area contributed by atoms with E-state index in [-0.39, 0.29) is 0 Å². The Labute approximate surface area is 104 Å². The Morgan fingerprint density at radius 1 is 1.35 bits per heavy atom. The van der Waals surface area contributed by atoms with Crippen molar-refractivity contribution in [2.75, 3.05) is 6.54 Å². The van der Waals surface area contributed by atoms with Gasteiger partial charge in [-0.3, -0.25) is 0 Å². The van der Waals surface area contributed by atoms with Crippen LogP contribution in [0.4, 0.5) is 0 Å². The molecule has 0 spiro atoms. The molecule has 3 heteroatoms. The summed E-state index contributed by atoms with van der Waals surface area (Å²) in [7, 11) is -0.559. The van der Waals surface area contributed by atoms with Crippen LogP contribution in [0.2, 0.25) is 6.82 Å². The Bertz CT molecular complexity index is 377. The van der Waals surface area contributed by atoms with Crippen LogP contribution < -0.4 is 0 Å². The van der Waals surface area contributed by atoms with E-state index in [1.807, 2.05) is 48.1 Å². The molecule has 1 unspecified atom stereocenters. The van der Waals surface area contributed by atoms with E-state index in [0.717, 1.165) is 5.56 Å². The fourth-order valence-electron chi connectivity index (χ4n) is 2.05. The molecular weight excluding hydrogens is 209 g/mol. The first kappa shape index (κ1) is 13.7. The predicted molar refractivity (Wildman–Crippen MR) is 74.7 cm³/mol. The quantitative estimate of drug-likeness (QED) is 0.598. The van der Waals surface area contributed by atoms with Crippen molar-refractivity contribution in [1.29, 1.82) is 0 Å². The van der Waals surface area contributed by atoms with Crippen LogP contribution >= 0.6 is 0 Å². The first-order chi connectivity index (χ1) is 8.06. The molecule has 1 aromatic rings. The summed E-state index contributed by atoms with van der Waals surface area (Å²) in [5.74, 6) is 0. The van der Waals surface area contributed by atoms with Crippen molar-refractivity contribution < 1.29 is 5.02 Å². The van der Waals surface area contributed by atoms with Gasteiger partial charge in [-0.2, -0.15) is 0 Å². The molecule has 0 saturated carbocycles. The van der Waals surface area contributed by atoms with Crippen LogP contribution in [0.5, 0.6) is 0 Å². The van der Waals surface area contributed by atoms with Crippen LogP contribution in [0.1, 0.15) is 12.5 Å². The van der Waals surface area contributed by atoms with Crippen molar-refractivity contribution >= 4 is 7.05 Å². The molecule has 1 rings (SSSR count). The van der Waals surface area contributed by atoms with Gasteiger partial charge < -0.3 is 9.83 Å². The molecule has 0 saturated heterocycles. The van der Waals surface area contributed by atoms with Crippen molar-refractivity contribution in [2.45, 2.75) is 19.3 Å². The van der Waals surface area contributed by atoms with Gasteiger partial charge >= 0.3 is 7.05 Å². The van der Waals surface area contributed by atoms with E-state index < -0.39 is 12.6 Å². The van der Waals surface area contributed by atoms with Crippen LogP contribution in [0.3, 0.4) is 0 Å². The van der Waals surface area contributed by atoms with Crippen LogP contribution in [0.25, 0.3) is 0 Å². The van der Waals surface area contributed by atoms with E-state index in [1.54, 1.807) is 12.9 Å². The number of benzene rings is 1. The molecule has 0 radical (unpaired) electrons. The number of hydrogen-bond donors (Lipinski definition) is 1. The molecule has 0 bridgehead atoms. The van der Waals surface area contributed by atoms with E-state index in [1.165, 1.54) is 0 Å². The second-order valence-electron chi connectivity index (χ2n) is 4.29. The SMILES string of the molecule is C=CCN(B(C)O)C(C)(C=C)c1ccccc1. The van der Waals surface area contributed by atoms with Gasteiger partial charge in [-0.1, -0.05) is 42.5 Å². The Kier molecular flexibility index (Phi) is 4.73. The topological polar surface area (TPSA) is 23.5 Å². The predicted octanol–water partition coefficient (Wildman–Crippen LogP) is 2.69. The van der Waals surface area contributed by atoms with Crippen LogP contribution in [0, 0.1) is 0 Å². The second-order valence-corrected chi connectivity index (χ2v) is 4.29. The minimum Gasteiger partial charge on any atom is -0.437 e. The molecule has 2 nitrogen and oxygen atoms in total. The van der Waals surface area contributed by atoms with Gasteiger partial charge in [0.2, 0.25) is 0 Å². The molecule has 0 aliphatic carbocycles. The monoisotopic (exact) mass is 229 g/mol. The molecule has 1 atom stereocenters. The molecule has 1 aromatic carbocycles. The fraction of sp³-hybridized carbons (Fsp3) is 0.286. The third-order valence-electron chi connectivity index (χ3n) is 3.13. The van der Waals surface area contributed by atoms with Gasteiger partial charge in [0.1, 0.15) is 0 Å². The summed E-state index contributed by atoms with van der Waals surface area (Å²) in [6.07, 6.45) is 3.65. The average molecular weight is 229 g/mol. The van der Waals surface area contributed by atoms with E-state index in [2.05, 4.69) is 13.2 Å². The van der Waals surface area contributed by atoms with Crippen molar-refractivity contribution in [3.8, 4) is 0 Å². The van der Waals surface area contributed by atoms with Gasteiger partial charge in [0.05, 0.1) is 5.54 Å². The summed E-state index contributed by atoms with van der Waals surface area (Å²) >= 11 is 0. The lowest BCUT2D eigenvalue weighted by Crippen LogP contribution is -2.50. The molecule has 0 amide bonds. The standard InChI is InChI=1S/C14H20BNO/c1-5-12-16(15(4)17)14(3,6-2)13-10-8-7-9-11-13/h5-11,17H,1-2,12H2,3-4H3. The smallest absolute Gasteiger partial charge is 0.377 e. The lowest BCUT2D eigenvalue weighted by Gasteiger charge is -2.40. The van der Waals surface area contributed by atoms with E-state index in [0.29, 0.717) is 6.54 Å². The Morgan fingerprint density at radius 3 is 2.35 bits per heavy atom. The second kappa shape index (κ2) is 5.85. The summed E-state index contributed by atoms with van der Waals surface area (Å²) in [5, 5.41) is 9.90. The normalized spacial score (nSPS) is 14.1. The van der Waals surface area contributed by atoms with Gasteiger partial charge in [0.25, 0.3) is 0 Å². The molecule has 17 heavy (non-hydrogen) atoms. The van der Waals surface area contributed by atoms with Gasteiger partial charge in [-0.15, -0.1) is 13.2 Å². The highest BCUT2D eigenvalue weighted by Crippen LogP contribution is 2.29. The zero-order chi connectivity index (χ0) is 12.9. The highest BCUT2D eigenvalue weighted by molar-refractivity contribution is 6.45. The molecule has 0 heterocycles. The van der Waals surface area contributed by atoms with Crippen LogP contribution in [-0.2, 0) is 5.54 Å². The van der Waals surface area contributed by atoms with Gasteiger partial charge in [0, 0.05) is 6.54 Å². The van der Waals surface area contributed by atoms with Crippen molar-refractivity contribution in [3.05, 3.63) is 61.2 Å². The fourth-order valence-corrected chi connectivity index (χ4v) is 2.05. The largest absolute Gasteiger partial charge is 0.437 e. The molecule has 90 valence electrons. The average Bonchev–Trinajstić information content (AvgIpc) is 2.35. The summed E-state index contributed by atoms with van der Waals surface area (Å²) in [6.45, 7) is 12.1. The highest BCUT2D eigenvalue weighted by Gasteiger charge is 2.34. The first-order valence-corrected chi connectivity index (χ1v) is 5.81. The summed E-state index contributed by atoms with van der Waals surface area (Å²) < 4.78 is 0. The lowest BCUT2D eigenvalue weighted by atomic mass is 9.76. The van der Waals surface area contributed by atoms with Crippen molar-refractivity contribution in [3.63, 3.8) is 0 Å². The third kappa shape index (κ3) is 2.87. The van der Waals surface area contributed by atoms with Gasteiger partial charge in [-0.05, 0) is 19.3 Å². The minimum absolute atomic E-state index is 0.399. The number of nitrogens with zero attached hydrogens (tertiary/aromatic N) is 1. The molecule has 0 aromatic heterocycles. The zero-order valence-electron chi connectivity index (χ0n) is 10.6. The lowest BCUT2D eigenvalue weighted by molar-refractivity contribution is 0.252. The Balaban J connectivity index is 3.17. The number of rotatable bonds is 6. The van der Waals surface area contributed by atoms with Crippen molar-refractivity contribution in [1.82, 2.24) is 4.81 Å². The summed E-state index contributed by atoms with van der Waals surface area (Å²) in [6, 6.07) is 10.0. The number of hydrogen-bond acceptors (Lipinski definition) is 2. The molecule has 1 N–H and O–H groups in total. The maximum Gasteiger partial charge on any atom is 0.377 e. The maximum atomic E-state index is 9.90. The summed E-state index contributed by atoms with van der Waals surface area (Å²) in [4.78, 5) is 1.95. The third-order valence-corrected chi connectivity index (χ3v) is 3.13. The highest BCUT2D eigenvalue weighted by atomic mass is 16.2. The first-order valence-electron chi connectivity index (χ1n) is 5.81. The van der Waals surface area contributed by atoms with Gasteiger partial charge in [0.15, 0.2) is 0 Å². The molecule has 0 fully saturated rings.